The van der Waals surface area contributed by atoms with Crippen LogP contribution in [-0.4, -0.2) is 81.6 Å². The van der Waals surface area contributed by atoms with Crippen LogP contribution in [0, 0.1) is 0 Å². The first-order valence-electron chi connectivity index (χ1n) is 9.22. The van der Waals surface area contributed by atoms with E-state index in [4.69, 9.17) is 4.74 Å². The largest absolute Gasteiger partial charge is 0.495 e. The molecule has 0 unspecified atom stereocenters. The monoisotopic (exact) mass is 359 g/mol. The third-order valence-corrected chi connectivity index (χ3v) is 4.78. The lowest BCUT2D eigenvalue weighted by Crippen LogP contribution is -2.53. The van der Waals surface area contributed by atoms with Crippen LogP contribution in [0.1, 0.15) is 12.8 Å². The first-order chi connectivity index (χ1) is 12.6. The Labute approximate surface area is 155 Å². The van der Waals surface area contributed by atoms with Crippen molar-refractivity contribution in [1.82, 2.24) is 15.1 Å². The van der Waals surface area contributed by atoms with Crippen molar-refractivity contribution >= 4 is 17.6 Å². The van der Waals surface area contributed by atoms with E-state index < -0.39 is 0 Å². The summed E-state index contributed by atoms with van der Waals surface area (Å²) in [6, 6.07) is 8.64. The highest BCUT2D eigenvalue weighted by Gasteiger charge is 2.27. The Morgan fingerprint density at radius 1 is 1.23 bits per heavy atom. The number of likely N-dealkylation sites (N-methyl/N-ethyl adjacent to an activating group) is 1. The minimum absolute atomic E-state index is 0.0211. The molecule has 7 nitrogen and oxygen atoms in total. The summed E-state index contributed by atoms with van der Waals surface area (Å²) in [6.45, 7) is 3.72. The van der Waals surface area contributed by atoms with E-state index in [9.17, 15) is 4.79 Å². The quantitative estimate of drug-likeness (QED) is 0.628. The molecule has 142 valence electrons. The predicted molar refractivity (Wildman–Crippen MR) is 104 cm³/mol. The van der Waals surface area contributed by atoms with Crippen molar-refractivity contribution in [3.8, 4) is 5.75 Å². The summed E-state index contributed by atoms with van der Waals surface area (Å²) in [6.07, 6.45) is 2.36. The van der Waals surface area contributed by atoms with Crippen molar-refractivity contribution in [1.29, 1.82) is 0 Å². The molecule has 1 aromatic rings. The van der Waals surface area contributed by atoms with Gasteiger partial charge in [0.2, 0.25) is 5.91 Å². The lowest BCUT2D eigenvalue weighted by Gasteiger charge is -2.38. The lowest BCUT2D eigenvalue weighted by atomic mass is 10.2. The van der Waals surface area contributed by atoms with Gasteiger partial charge in [0, 0.05) is 46.3 Å². The van der Waals surface area contributed by atoms with Crippen LogP contribution in [0.4, 0.5) is 5.69 Å². The molecule has 1 aliphatic heterocycles. The molecular weight excluding hydrogens is 330 g/mol. The summed E-state index contributed by atoms with van der Waals surface area (Å²) < 4.78 is 5.49. The van der Waals surface area contributed by atoms with Gasteiger partial charge in [-0.1, -0.05) is 12.1 Å². The Morgan fingerprint density at radius 2 is 1.92 bits per heavy atom. The topological polar surface area (TPSA) is 60.4 Å². The highest BCUT2D eigenvalue weighted by molar-refractivity contribution is 5.85. The zero-order valence-electron chi connectivity index (χ0n) is 15.9. The maximum absolute atomic E-state index is 11.9. The summed E-state index contributed by atoms with van der Waals surface area (Å²) in [7, 11) is 5.23. The fourth-order valence-corrected chi connectivity index (χ4v) is 2.98. The zero-order chi connectivity index (χ0) is 18.5. The molecule has 1 saturated heterocycles. The second-order valence-corrected chi connectivity index (χ2v) is 6.99. The molecule has 26 heavy (non-hydrogen) atoms. The number of nitrogens with zero attached hydrogens (tertiary/aromatic N) is 4. The number of benzene rings is 1. The van der Waals surface area contributed by atoms with Gasteiger partial charge in [-0.25, -0.2) is 4.99 Å². The van der Waals surface area contributed by atoms with E-state index in [1.54, 1.807) is 26.1 Å². The van der Waals surface area contributed by atoms with Gasteiger partial charge >= 0.3 is 0 Å². The van der Waals surface area contributed by atoms with Crippen molar-refractivity contribution in [2.24, 2.45) is 4.99 Å². The Hall–Kier alpha value is -2.44. The molecule has 2 fully saturated rings. The third-order valence-electron chi connectivity index (χ3n) is 4.78. The van der Waals surface area contributed by atoms with Gasteiger partial charge in [0.1, 0.15) is 12.3 Å². The Balaban J connectivity index is 1.63. The fourth-order valence-electron chi connectivity index (χ4n) is 2.98. The molecule has 1 heterocycles. The van der Waals surface area contributed by atoms with Crippen molar-refractivity contribution in [3.63, 3.8) is 0 Å². The highest BCUT2D eigenvalue weighted by atomic mass is 16.5. The Bertz CT molecular complexity index is 649. The van der Waals surface area contributed by atoms with E-state index in [1.165, 1.54) is 12.8 Å². The standard InChI is InChI=1S/C19H29N5O2/c1-22(2)18(25)14-20-19(21-15-8-9-15)24-12-10-23(11-13-24)16-6-4-5-7-17(16)26-3/h4-7,15H,8-14H2,1-3H3,(H,20,21). The summed E-state index contributed by atoms with van der Waals surface area (Å²) in [5, 5.41) is 3.49. The number of nitrogens with one attached hydrogen (secondary N) is 1. The smallest absolute Gasteiger partial charge is 0.243 e. The molecule has 1 amide bonds. The van der Waals surface area contributed by atoms with Gasteiger partial charge in [0.15, 0.2) is 5.96 Å². The normalized spacial score (nSPS) is 17.9. The van der Waals surface area contributed by atoms with E-state index in [2.05, 4.69) is 26.2 Å². The van der Waals surface area contributed by atoms with Gasteiger partial charge in [-0.2, -0.15) is 0 Å². The van der Waals surface area contributed by atoms with E-state index in [0.29, 0.717) is 6.04 Å². The van der Waals surface area contributed by atoms with Gasteiger partial charge < -0.3 is 24.8 Å². The molecule has 1 saturated carbocycles. The number of anilines is 1. The number of amides is 1. The van der Waals surface area contributed by atoms with E-state index in [0.717, 1.165) is 43.6 Å². The average Bonchev–Trinajstić information content (AvgIpc) is 3.49. The molecule has 2 aliphatic rings. The van der Waals surface area contributed by atoms with Crippen LogP contribution >= 0.6 is 0 Å². The fraction of sp³-hybridized carbons (Fsp3) is 0.579. The molecule has 0 radical (unpaired) electrons. The number of rotatable bonds is 5. The van der Waals surface area contributed by atoms with Crippen LogP contribution < -0.4 is 15.0 Å². The Morgan fingerprint density at radius 3 is 2.54 bits per heavy atom. The summed E-state index contributed by atoms with van der Waals surface area (Å²) in [5.74, 6) is 1.79. The number of piperazine rings is 1. The number of methoxy groups -OCH3 is 1. The van der Waals surface area contributed by atoms with Crippen LogP contribution in [0.3, 0.4) is 0 Å². The van der Waals surface area contributed by atoms with E-state index in [-0.39, 0.29) is 12.5 Å². The molecule has 3 rings (SSSR count). The minimum Gasteiger partial charge on any atom is -0.495 e. The van der Waals surface area contributed by atoms with E-state index >= 15 is 0 Å². The number of ether oxygens (including phenoxy) is 1. The summed E-state index contributed by atoms with van der Waals surface area (Å²) >= 11 is 0. The Kier molecular flexibility index (Phi) is 5.85. The van der Waals surface area contributed by atoms with Gasteiger partial charge in [-0.15, -0.1) is 0 Å². The van der Waals surface area contributed by atoms with Crippen LogP contribution in [0.25, 0.3) is 0 Å². The molecule has 0 spiro atoms. The molecule has 1 aromatic carbocycles. The third kappa shape index (κ3) is 4.59. The minimum atomic E-state index is 0.0211. The highest BCUT2D eigenvalue weighted by Crippen LogP contribution is 2.28. The molecule has 1 aliphatic carbocycles. The number of carbonyl (C=O) groups excluding carboxylic acids is 1. The molecule has 0 atom stereocenters. The average molecular weight is 359 g/mol. The van der Waals surface area contributed by atoms with E-state index in [1.807, 2.05) is 18.2 Å². The van der Waals surface area contributed by atoms with Gasteiger partial charge in [0.05, 0.1) is 12.8 Å². The van der Waals surface area contributed by atoms with Crippen LogP contribution in [0.2, 0.25) is 0 Å². The second kappa shape index (κ2) is 8.29. The van der Waals surface area contributed by atoms with Crippen LogP contribution in [0.5, 0.6) is 5.75 Å². The number of guanidine groups is 1. The zero-order valence-corrected chi connectivity index (χ0v) is 15.9. The van der Waals surface area contributed by atoms with Gasteiger partial charge in [-0.3, -0.25) is 4.79 Å². The van der Waals surface area contributed by atoms with Crippen molar-refractivity contribution in [2.75, 3.05) is 58.8 Å². The molecular formula is C19H29N5O2. The number of hydrogen-bond donors (Lipinski definition) is 1. The molecule has 7 heteroatoms. The van der Waals surface area contributed by atoms with Crippen molar-refractivity contribution in [3.05, 3.63) is 24.3 Å². The maximum Gasteiger partial charge on any atom is 0.243 e. The van der Waals surface area contributed by atoms with Crippen LogP contribution in [0.15, 0.2) is 29.3 Å². The second-order valence-electron chi connectivity index (χ2n) is 6.99. The molecule has 0 aromatic heterocycles. The number of carbonyl (C=O) groups is 1. The number of hydrogen-bond acceptors (Lipinski definition) is 4. The number of aliphatic imine (C=N–C) groups is 1. The first-order valence-corrected chi connectivity index (χ1v) is 9.22. The van der Waals surface area contributed by atoms with Gasteiger partial charge in [-0.05, 0) is 25.0 Å². The van der Waals surface area contributed by atoms with Gasteiger partial charge in [0.25, 0.3) is 0 Å². The lowest BCUT2D eigenvalue weighted by molar-refractivity contribution is -0.127. The number of para-hydroxylation sites is 2. The SMILES string of the molecule is COc1ccccc1N1CCN(C(=NCC(=O)N(C)C)NC2CC2)CC1. The summed E-state index contributed by atoms with van der Waals surface area (Å²) in [4.78, 5) is 22.6. The van der Waals surface area contributed by atoms with Crippen molar-refractivity contribution in [2.45, 2.75) is 18.9 Å². The predicted octanol–water partition coefficient (Wildman–Crippen LogP) is 1.01. The first kappa shape index (κ1) is 18.4. The van der Waals surface area contributed by atoms with Crippen molar-refractivity contribution < 1.29 is 9.53 Å². The van der Waals surface area contributed by atoms with Crippen LogP contribution in [-0.2, 0) is 4.79 Å². The maximum atomic E-state index is 11.9. The summed E-state index contributed by atoms with van der Waals surface area (Å²) in [5.41, 5.74) is 1.13. The molecule has 1 N–H and O–H groups in total. The molecule has 0 bridgehead atoms.